The van der Waals surface area contributed by atoms with Crippen molar-refractivity contribution in [3.05, 3.63) is 81.9 Å². The Labute approximate surface area is 265 Å². The van der Waals surface area contributed by atoms with Gasteiger partial charge in [-0.05, 0) is 37.5 Å². The Morgan fingerprint density at radius 2 is 0.950 bits per heavy atom. The molecule has 6 rings (SSSR count). The molecule has 2 saturated carbocycles. The molecule has 2 aliphatic carbocycles. The van der Waals surface area contributed by atoms with Crippen molar-refractivity contribution in [1.29, 1.82) is 0 Å². The maximum absolute atomic E-state index is 4.93. The Hall–Kier alpha value is -0.660. The van der Waals surface area contributed by atoms with Crippen molar-refractivity contribution in [2.45, 2.75) is 117 Å². The molecular formula is C36H48Cl2SiZr. The van der Waals surface area contributed by atoms with Crippen molar-refractivity contribution in [3.8, 4) is 0 Å². The summed E-state index contributed by atoms with van der Waals surface area (Å²) in [7, 11) is 11.0. The number of hydrogen-bond acceptors (Lipinski definition) is 0. The third-order valence-corrected chi connectivity index (χ3v) is 8.66. The van der Waals surface area contributed by atoms with Gasteiger partial charge in [0, 0.05) is 9.52 Å². The summed E-state index contributed by atoms with van der Waals surface area (Å²) in [5, 5.41) is 6.00. The van der Waals surface area contributed by atoms with E-state index in [-0.39, 0.29) is 0 Å². The van der Waals surface area contributed by atoms with Gasteiger partial charge in [0.1, 0.15) is 0 Å². The summed E-state index contributed by atoms with van der Waals surface area (Å²) in [4.78, 5) is 0. The minimum absolute atomic E-state index is 0.814. The molecule has 2 radical (unpaired) electrons. The van der Waals surface area contributed by atoms with Crippen molar-refractivity contribution in [2.24, 2.45) is 0 Å². The second-order valence-corrected chi connectivity index (χ2v) is 16.6. The van der Waals surface area contributed by atoms with Crippen molar-refractivity contribution in [2.75, 3.05) is 0 Å². The number of aryl methyl sites for hydroxylation is 4. The first-order valence-electron chi connectivity index (χ1n) is 15.2. The van der Waals surface area contributed by atoms with Crippen molar-refractivity contribution in [1.82, 2.24) is 0 Å². The van der Waals surface area contributed by atoms with Crippen LogP contribution in [0, 0.1) is 27.7 Å². The molecule has 0 aromatic heterocycles. The molecule has 0 amide bonds. The van der Waals surface area contributed by atoms with Gasteiger partial charge in [0.15, 0.2) is 0 Å². The van der Waals surface area contributed by atoms with Crippen molar-refractivity contribution < 1.29 is 20.8 Å². The van der Waals surface area contributed by atoms with E-state index in [9.17, 15) is 0 Å². The van der Waals surface area contributed by atoms with Gasteiger partial charge in [-0.3, -0.25) is 0 Å². The van der Waals surface area contributed by atoms with Crippen LogP contribution in [0.4, 0.5) is 0 Å². The molecule has 214 valence electrons. The Morgan fingerprint density at radius 3 is 1.27 bits per heavy atom. The quantitative estimate of drug-likeness (QED) is 0.147. The number of fused-ring (bicyclic) bond motifs is 2. The first kappa shape index (κ1) is 33.8. The monoisotopic (exact) mass is 668 g/mol. The van der Waals surface area contributed by atoms with Gasteiger partial charge < -0.3 is 0 Å². The van der Waals surface area contributed by atoms with E-state index in [0.29, 0.717) is 0 Å². The molecule has 40 heavy (non-hydrogen) atoms. The maximum atomic E-state index is 4.93. The van der Waals surface area contributed by atoms with Crippen LogP contribution < -0.4 is 0 Å². The van der Waals surface area contributed by atoms with Crippen LogP contribution in [-0.4, -0.2) is 9.52 Å². The Kier molecular flexibility index (Phi) is 14.8. The fourth-order valence-corrected chi connectivity index (χ4v) is 6.76. The van der Waals surface area contributed by atoms with Gasteiger partial charge in [-0.2, -0.15) is 12.1 Å². The topological polar surface area (TPSA) is 0 Å². The Morgan fingerprint density at radius 1 is 0.625 bits per heavy atom. The average molecular weight is 671 g/mol. The van der Waals surface area contributed by atoms with Crippen LogP contribution in [0.5, 0.6) is 0 Å². The van der Waals surface area contributed by atoms with E-state index in [2.05, 4.69) is 89.3 Å². The van der Waals surface area contributed by atoms with Crippen LogP contribution >= 0.6 is 17.0 Å². The molecule has 2 aliphatic rings. The second kappa shape index (κ2) is 17.5. The van der Waals surface area contributed by atoms with Crippen LogP contribution in [0.2, 0.25) is 13.1 Å². The average Bonchev–Trinajstić information content (AvgIpc) is 3.55. The Balaban J connectivity index is 0.000000185. The zero-order valence-corrected chi connectivity index (χ0v) is 30.6. The van der Waals surface area contributed by atoms with Crippen LogP contribution in [-0.2, 0) is 20.8 Å². The number of hydrogen-bond donors (Lipinski definition) is 0. The molecule has 0 N–H and O–H groups in total. The summed E-state index contributed by atoms with van der Waals surface area (Å²) >= 11 is -0.826. The van der Waals surface area contributed by atoms with Crippen LogP contribution in [0.3, 0.4) is 0 Å². The molecule has 0 atom stereocenters. The van der Waals surface area contributed by atoms with E-state index in [1.54, 1.807) is 11.1 Å². The summed E-state index contributed by atoms with van der Waals surface area (Å²) in [5.74, 6) is 1.63. The summed E-state index contributed by atoms with van der Waals surface area (Å²) in [6.45, 7) is 13.2. The summed E-state index contributed by atoms with van der Waals surface area (Å²) in [6.07, 6.45) is 14.1. The molecule has 0 spiro atoms. The van der Waals surface area contributed by atoms with Crippen molar-refractivity contribution in [3.63, 3.8) is 0 Å². The molecular weight excluding hydrogens is 623 g/mol. The SMILES string of the molecule is C[Si]C.Cc1cc2c(C3CCCCC3)ccc(C)c2[cH-]1.Cc1cc2c(C3CCCCC3)ccc(C)c2[cH-]1.[Cl][Zr+2][Cl]. The number of rotatable bonds is 2. The molecule has 0 unspecified atom stereocenters. The molecule has 4 aromatic carbocycles. The third-order valence-electron chi connectivity index (χ3n) is 8.66. The van der Waals surface area contributed by atoms with E-state index in [1.807, 2.05) is 0 Å². The van der Waals surface area contributed by atoms with Gasteiger partial charge >= 0.3 is 37.9 Å². The van der Waals surface area contributed by atoms with Gasteiger partial charge in [0.25, 0.3) is 0 Å². The van der Waals surface area contributed by atoms with Gasteiger partial charge in [-0.15, -0.1) is 68.1 Å². The minimum atomic E-state index is -0.826. The normalized spacial score (nSPS) is 15.8. The van der Waals surface area contributed by atoms with Crippen LogP contribution in [0.15, 0.2) is 48.5 Å². The summed E-state index contributed by atoms with van der Waals surface area (Å²) in [6, 6.07) is 18.8. The number of halogens is 2. The van der Waals surface area contributed by atoms with Crippen molar-refractivity contribution >= 4 is 48.1 Å². The molecule has 4 aromatic rings. The first-order chi connectivity index (χ1) is 19.3. The van der Waals surface area contributed by atoms with Gasteiger partial charge in [0.05, 0.1) is 0 Å². The standard InChI is InChI=1S/2C17H21.C2H6Si.2ClH.Zr/c2*1-12-10-16-13(2)8-9-15(17(16)11-12)14-6-4-3-5-7-14;1-3-2;;;/h2*8-11,14H,3-7H2,1-2H3;1-2H3;2*1H;/q2*-1;;;;+4/p-2. The van der Waals surface area contributed by atoms with E-state index in [1.165, 1.54) is 108 Å². The molecule has 0 bridgehead atoms. The zero-order valence-electron chi connectivity index (χ0n) is 25.6. The molecule has 0 nitrogen and oxygen atoms in total. The molecule has 2 fully saturated rings. The van der Waals surface area contributed by atoms with E-state index < -0.39 is 20.8 Å². The molecule has 4 heteroatoms. The van der Waals surface area contributed by atoms with Gasteiger partial charge in [-0.25, -0.2) is 0 Å². The van der Waals surface area contributed by atoms with E-state index in [0.717, 1.165) is 21.4 Å². The molecule has 0 saturated heterocycles. The first-order valence-corrected chi connectivity index (χ1v) is 23.5. The molecule has 0 heterocycles. The van der Waals surface area contributed by atoms with Gasteiger partial charge in [0.2, 0.25) is 0 Å². The third kappa shape index (κ3) is 9.17. The summed E-state index contributed by atoms with van der Waals surface area (Å²) < 4.78 is 0. The van der Waals surface area contributed by atoms with Gasteiger partial charge in [-0.1, -0.05) is 103 Å². The second-order valence-electron chi connectivity index (χ2n) is 11.9. The zero-order chi connectivity index (χ0) is 29.1. The fraction of sp³-hybridized carbons (Fsp3) is 0.500. The predicted octanol–water partition coefficient (Wildman–Crippen LogP) is 12.6. The predicted molar refractivity (Wildman–Crippen MR) is 179 cm³/mol. The van der Waals surface area contributed by atoms with Crippen LogP contribution in [0.1, 0.15) is 109 Å². The summed E-state index contributed by atoms with van der Waals surface area (Å²) in [5.41, 5.74) is 8.88. The van der Waals surface area contributed by atoms with E-state index >= 15 is 0 Å². The molecule has 0 aliphatic heterocycles. The fourth-order valence-electron chi connectivity index (χ4n) is 6.76. The van der Waals surface area contributed by atoms with E-state index in [4.69, 9.17) is 17.0 Å². The Bertz CT molecular complexity index is 1200. The number of benzene rings is 2. The van der Waals surface area contributed by atoms with Crippen LogP contribution in [0.25, 0.3) is 21.5 Å².